The number of anilines is 2. The van der Waals surface area contributed by atoms with Crippen LogP contribution in [0.1, 0.15) is 25.7 Å². The zero-order valence-electron chi connectivity index (χ0n) is 13.5. The number of nitrogens with zero attached hydrogens (tertiary/aromatic N) is 3. The van der Waals surface area contributed by atoms with Gasteiger partial charge in [0.15, 0.2) is 11.6 Å². The van der Waals surface area contributed by atoms with Crippen molar-refractivity contribution in [1.82, 2.24) is 15.3 Å². The number of halogens is 1. The summed E-state index contributed by atoms with van der Waals surface area (Å²) in [6.07, 6.45) is 4.91. The van der Waals surface area contributed by atoms with Crippen molar-refractivity contribution in [2.75, 3.05) is 30.4 Å². The summed E-state index contributed by atoms with van der Waals surface area (Å²) >= 11 is 0. The van der Waals surface area contributed by atoms with Crippen LogP contribution in [0.3, 0.4) is 0 Å². The number of hydrogen-bond donors (Lipinski definition) is 2. The molecule has 23 heavy (non-hydrogen) atoms. The van der Waals surface area contributed by atoms with Crippen LogP contribution in [0.4, 0.5) is 11.6 Å². The third kappa shape index (κ3) is 3.51. The van der Waals surface area contributed by atoms with Gasteiger partial charge in [-0.15, -0.1) is 12.4 Å². The molecule has 1 atom stereocenters. The van der Waals surface area contributed by atoms with E-state index in [2.05, 4.69) is 22.6 Å². The standard InChI is InChI=1S/C17H23N5.ClH/c1-22(13-5-4-10-18-11-13)17-16(19-12-8-9-12)20-14-6-2-3-7-15(14)21-17;/h2-3,6-7,12-13,18H,4-5,8-11H2,1H3,(H,19,20);1H. The van der Waals surface area contributed by atoms with E-state index in [1.807, 2.05) is 24.3 Å². The van der Waals surface area contributed by atoms with E-state index >= 15 is 0 Å². The smallest absolute Gasteiger partial charge is 0.172 e. The predicted molar refractivity (Wildman–Crippen MR) is 97.7 cm³/mol. The van der Waals surface area contributed by atoms with E-state index in [0.717, 1.165) is 35.8 Å². The van der Waals surface area contributed by atoms with Crippen molar-refractivity contribution in [3.63, 3.8) is 0 Å². The van der Waals surface area contributed by atoms with E-state index in [1.165, 1.54) is 25.7 Å². The highest BCUT2D eigenvalue weighted by Crippen LogP contribution is 2.31. The maximum absolute atomic E-state index is 4.90. The number of nitrogens with one attached hydrogen (secondary N) is 2. The van der Waals surface area contributed by atoms with Crippen LogP contribution in [-0.2, 0) is 0 Å². The Kier molecular flexibility index (Phi) is 4.87. The molecule has 1 aliphatic heterocycles. The van der Waals surface area contributed by atoms with E-state index in [9.17, 15) is 0 Å². The van der Waals surface area contributed by atoms with Gasteiger partial charge in [-0.2, -0.15) is 0 Å². The van der Waals surface area contributed by atoms with Crippen LogP contribution in [0, 0.1) is 0 Å². The average Bonchev–Trinajstić information content (AvgIpc) is 3.38. The third-order valence-corrected chi connectivity index (χ3v) is 4.62. The highest BCUT2D eigenvalue weighted by Gasteiger charge is 2.27. The summed E-state index contributed by atoms with van der Waals surface area (Å²) in [5.41, 5.74) is 1.93. The van der Waals surface area contributed by atoms with E-state index in [0.29, 0.717) is 12.1 Å². The molecule has 0 bridgehead atoms. The zero-order chi connectivity index (χ0) is 14.9. The Hall–Kier alpha value is -1.59. The molecule has 1 aromatic carbocycles. The Bertz CT molecular complexity index is 667. The molecule has 4 rings (SSSR count). The first-order chi connectivity index (χ1) is 10.8. The molecule has 2 aliphatic rings. The lowest BCUT2D eigenvalue weighted by Crippen LogP contribution is -2.44. The molecule has 1 saturated heterocycles. The molecule has 1 aliphatic carbocycles. The SMILES string of the molecule is CN(c1nc2ccccc2nc1NC1CC1)C1CCCNC1.Cl. The Morgan fingerprint density at radius 2 is 1.87 bits per heavy atom. The second-order valence-electron chi connectivity index (χ2n) is 6.41. The monoisotopic (exact) mass is 333 g/mol. The maximum atomic E-state index is 4.90. The molecular weight excluding hydrogens is 310 g/mol. The number of rotatable bonds is 4. The molecule has 5 nitrogen and oxygen atoms in total. The number of hydrogen-bond acceptors (Lipinski definition) is 5. The fraction of sp³-hybridized carbons (Fsp3) is 0.529. The molecule has 0 amide bonds. The van der Waals surface area contributed by atoms with Crippen molar-refractivity contribution < 1.29 is 0 Å². The molecule has 1 aromatic heterocycles. The van der Waals surface area contributed by atoms with Crippen LogP contribution in [0.2, 0.25) is 0 Å². The number of likely N-dealkylation sites (N-methyl/N-ethyl adjacent to an activating group) is 1. The Balaban J connectivity index is 0.00000156. The predicted octanol–water partition coefficient (Wildman–Crippen LogP) is 2.81. The fourth-order valence-electron chi connectivity index (χ4n) is 3.09. The number of fused-ring (bicyclic) bond motifs is 1. The molecule has 2 N–H and O–H groups in total. The first-order valence-electron chi connectivity index (χ1n) is 8.28. The van der Waals surface area contributed by atoms with Gasteiger partial charge in [-0.05, 0) is 44.4 Å². The lowest BCUT2D eigenvalue weighted by atomic mass is 10.1. The maximum Gasteiger partial charge on any atom is 0.172 e. The summed E-state index contributed by atoms with van der Waals surface area (Å²) in [6, 6.07) is 9.19. The highest BCUT2D eigenvalue weighted by atomic mass is 35.5. The van der Waals surface area contributed by atoms with Crippen molar-refractivity contribution >= 4 is 35.1 Å². The highest BCUT2D eigenvalue weighted by molar-refractivity contribution is 5.85. The van der Waals surface area contributed by atoms with Crippen molar-refractivity contribution in [3.8, 4) is 0 Å². The largest absolute Gasteiger partial charge is 0.364 e. The second-order valence-corrected chi connectivity index (χ2v) is 6.41. The van der Waals surface area contributed by atoms with E-state index in [1.54, 1.807) is 0 Å². The second kappa shape index (κ2) is 6.89. The van der Waals surface area contributed by atoms with Crippen molar-refractivity contribution in [2.45, 2.75) is 37.8 Å². The molecular formula is C17H24ClN5. The summed E-state index contributed by atoms with van der Waals surface area (Å²) < 4.78 is 0. The van der Waals surface area contributed by atoms with Gasteiger partial charge >= 0.3 is 0 Å². The molecule has 124 valence electrons. The van der Waals surface area contributed by atoms with Crippen molar-refractivity contribution in [3.05, 3.63) is 24.3 Å². The van der Waals surface area contributed by atoms with Crippen LogP contribution >= 0.6 is 12.4 Å². The van der Waals surface area contributed by atoms with Crippen molar-refractivity contribution in [1.29, 1.82) is 0 Å². The Morgan fingerprint density at radius 1 is 1.13 bits per heavy atom. The normalized spacial score (nSPS) is 20.8. The van der Waals surface area contributed by atoms with Gasteiger partial charge < -0.3 is 15.5 Å². The summed E-state index contributed by atoms with van der Waals surface area (Å²) in [4.78, 5) is 12.0. The summed E-state index contributed by atoms with van der Waals surface area (Å²) in [5, 5.41) is 7.05. The summed E-state index contributed by atoms with van der Waals surface area (Å²) in [5.74, 6) is 1.92. The van der Waals surface area contributed by atoms with Gasteiger partial charge in [-0.1, -0.05) is 12.1 Å². The van der Waals surface area contributed by atoms with Gasteiger partial charge in [0.05, 0.1) is 11.0 Å². The lowest BCUT2D eigenvalue weighted by molar-refractivity contribution is 0.443. The minimum absolute atomic E-state index is 0. The van der Waals surface area contributed by atoms with Gasteiger partial charge in [-0.25, -0.2) is 9.97 Å². The minimum atomic E-state index is 0. The minimum Gasteiger partial charge on any atom is -0.364 e. The lowest BCUT2D eigenvalue weighted by Gasteiger charge is -2.33. The number of benzene rings is 1. The van der Waals surface area contributed by atoms with Crippen LogP contribution in [-0.4, -0.2) is 42.2 Å². The topological polar surface area (TPSA) is 53.1 Å². The molecule has 1 saturated carbocycles. The van der Waals surface area contributed by atoms with E-state index < -0.39 is 0 Å². The quantitative estimate of drug-likeness (QED) is 0.901. The van der Waals surface area contributed by atoms with Crippen LogP contribution in [0.25, 0.3) is 11.0 Å². The fourth-order valence-corrected chi connectivity index (χ4v) is 3.09. The first-order valence-corrected chi connectivity index (χ1v) is 8.28. The molecule has 0 radical (unpaired) electrons. The Morgan fingerprint density at radius 3 is 2.52 bits per heavy atom. The first kappa shape index (κ1) is 16.3. The summed E-state index contributed by atoms with van der Waals surface area (Å²) in [6.45, 7) is 2.15. The Labute approximate surface area is 143 Å². The van der Waals surface area contributed by atoms with Gasteiger partial charge in [-0.3, -0.25) is 0 Å². The van der Waals surface area contributed by atoms with Crippen LogP contribution < -0.4 is 15.5 Å². The van der Waals surface area contributed by atoms with Gasteiger partial charge in [0.2, 0.25) is 0 Å². The van der Waals surface area contributed by atoms with Gasteiger partial charge in [0, 0.05) is 25.7 Å². The zero-order valence-corrected chi connectivity index (χ0v) is 14.3. The van der Waals surface area contributed by atoms with E-state index in [-0.39, 0.29) is 12.4 Å². The van der Waals surface area contributed by atoms with E-state index in [4.69, 9.17) is 9.97 Å². The van der Waals surface area contributed by atoms with Crippen LogP contribution in [0.15, 0.2) is 24.3 Å². The number of aromatic nitrogens is 2. The van der Waals surface area contributed by atoms with Gasteiger partial charge in [0.1, 0.15) is 0 Å². The molecule has 2 aromatic rings. The number of para-hydroxylation sites is 2. The molecule has 1 unspecified atom stereocenters. The van der Waals surface area contributed by atoms with Crippen LogP contribution in [0.5, 0.6) is 0 Å². The molecule has 2 fully saturated rings. The number of piperidine rings is 1. The van der Waals surface area contributed by atoms with Gasteiger partial charge in [0.25, 0.3) is 0 Å². The summed E-state index contributed by atoms with van der Waals surface area (Å²) in [7, 11) is 2.15. The van der Waals surface area contributed by atoms with Crippen molar-refractivity contribution in [2.24, 2.45) is 0 Å². The molecule has 0 spiro atoms. The average molecular weight is 334 g/mol. The molecule has 2 heterocycles. The third-order valence-electron chi connectivity index (χ3n) is 4.62. The molecule has 6 heteroatoms.